The highest BCUT2D eigenvalue weighted by molar-refractivity contribution is 5.88. The summed E-state index contributed by atoms with van der Waals surface area (Å²) in [5.41, 5.74) is -1.09. The number of carbonyl (C=O) groups excluding carboxylic acids is 2. The minimum atomic E-state index is -1.09. The molecule has 0 aromatic carbocycles. The molecule has 0 aromatic heterocycles. The Hall–Kier alpha value is -1.18. The summed E-state index contributed by atoms with van der Waals surface area (Å²) in [7, 11) is 0. The molecular weight excluding hydrogens is 440 g/mol. The van der Waals surface area contributed by atoms with Crippen molar-refractivity contribution in [1.82, 2.24) is 20.0 Å². The minimum absolute atomic E-state index is 0.129. The molecule has 0 bridgehead atoms. The van der Waals surface area contributed by atoms with Crippen molar-refractivity contribution in [2.45, 2.75) is 101 Å². The van der Waals surface area contributed by atoms with Crippen molar-refractivity contribution in [2.24, 2.45) is 23.7 Å². The van der Waals surface area contributed by atoms with Crippen LogP contribution in [-0.4, -0.2) is 88.7 Å². The molecule has 3 heterocycles. The molecule has 7 nitrogen and oxygen atoms in total. The molecule has 3 atom stereocenters. The van der Waals surface area contributed by atoms with Gasteiger partial charge < -0.3 is 14.9 Å². The summed E-state index contributed by atoms with van der Waals surface area (Å²) < 4.78 is 0. The van der Waals surface area contributed by atoms with Gasteiger partial charge in [-0.1, -0.05) is 32.1 Å². The van der Waals surface area contributed by atoms with Crippen LogP contribution in [-0.2, 0) is 9.59 Å². The van der Waals surface area contributed by atoms with Gasteiger partial charge in [0.05, 0.1) is 6.17 Å². The highest BCUT2D eigenvalue weighted by Crippen LogP contribution is 2.40. The maximum absolute atomic E-state index is 13.2. The van der Waals surface area contributed by atoms with Crippen molar-refractivity contribution in [3.8, 4) is 0 Å². The first-order valence-corrected chi connectivity index (χ1v) is 14.8. The van der Waals surface area contributed by atoms with Crippen molar-refractivity contribution < 1.29 is 14.7 Å². The standard InChI is InChI=1S/C28H46N4O3/c33-26(30-14-16-31(17-15-30)27(34)28(35)12-13-28)22-8-6-21(7-9-22)24-19-32-18-23(10-11-25(32)29-24)20-4-2-1-3-5-20/h20-25,29,35H,1-19H2. The summed E-state index contributed by atoms with van der Waals surface area (Å²) in [6.45, 7) is 4.87. The maximum atomic E-state index is 13.2. The second-order valence-corrected chi connectivity index (χ2v) is 12.7. The molecule has 3 unspecified atom stereocenters. The number of hydrogen-bond donors (Lipinski definition) is 2. The van der Waals surface area contributed by atoms with E-state index in [-0.39, 0.29) is 11.8 Å². The van der Waals surface area contributed by atoms with Gasteiger partial charge in [-0.15, -0.1) is 0 Å². The molecule has 3 saturated heterocycles. The number of aliphatic hydroxyl groups is 1. The molecule has 0 aromatic rings. The Balaban J connectivity index is 0.944. The monoisotopic (exact) mass is 486 g/mol. The fourth-order valence-corrected chi connectivity index (χ4v) is 8.08. The third kappa shape index (κ3) is 5.02. The summed E-state index contributed by atoms with van der Waals surface area (Å²) in [5.74, 6) is 2.92. The molecule has 6 aliphatic rings. The van der Waals surface area contributed by atoms with Crippen molar-refractivity contribution in [3.63, 3.8) is 0 Å². The lowest BCUT2D eigenvalue weighted by Crippen LogP contribution is -2.54. The lowest BCUT2D eigenvalue weighted by Gasteiger charge is -2.39. The van der Waals surface area contributed by atoms with E-state index >= 15 is 0 Å². The lowest BCUT2D eigenvalue weighted by atomic mass is 9.76. The number of carbonyl (C=O) groups is 2. The molecule has 3 aliphatic heterocycles. The summed E-state index contributed by atoms with van der Waals surface area (Å²) >= 11 is 0. The topological polar surface area (TPSA) is 76.1 Å². The van der Waals surface area contributed by atoms with Crippen LogP contribution in [0.5, 0.6) is 0 Å². The van der Waals surface area contributed by atoms with Gasteiger partial charge in [0.25, 0.3) is 5.91 Å². The first-order chi connectivity index (χ1) is 17.0. The highest BCUT2D eigenvalue weighted by Gasteiger charge is 2.50. The van der Waals surface area contributed by atoms with Gasteiger partial charge in [0, 0.05) is 51.2 Å². The van der Waals surface area contributed by atoms with Gasteiger partial charge >= 0.3 is 0 Å². The van der Waals surface area contributed by atoms with E-state index in [1.165, 1.54) is 58.0 Å². The highest BCUT2D eigenvalue weighted by atomic mass is 16.3. The van der Waals surface area contributed by atoms with Crippen LogP contribution in [0, 0.1) is 23.7 Å². The normalized spacial score (nSPS) is 38.3. The Labute approximate surface area is 211 Å². The third-order valence-electron chi connectivity index (χ3n) is 10.6. The first-order valence-electron chi connectivity index (χ1n) is 14.8. The maximum Gasteiger partial charge on any atom is 0.254 e. The molecule has 2 amide bonds. The van der Waals surface area contributed by atoms with E-state index in [9.17, 15) is 14.7 Å². The van der Waals surface area contributed by atoms with Gasteiger partial charge in [0.1, 0.15) is 5.60 Å². The van der Waals surface area contributed by atoms with E-state index < -0.39 is 5.60 Å². The zero-order valence-corrected chi connectivity index (χ0v) is 21.5. The van der Waals surface area contributed by atoms with Crippen molar-refractivity contribution >= 4 is 11.8 Å². The predicted octanol–water partition coefficient (Wildman–Crippen LogP) is 2.58. The van der Waals surface area contributed by atoms with Gasteiger partial charge in [0.2, 0.25) is 5.91 Å². The Morgan fingerprint density at radius 1 is 0.714 bits per heavy atom. The molecule has 0 radical (unpaired) electrons. The average Bonchev–Trinajstić information content (AvgIpc) is 3.52. The zero-order chi connectivity index (χ0) is 24.0. The predicted molar refractivity (Wildman–Crippen MR) is 134 cm³/mol. The van der Waals surface area contributed by atoms with Gasteiger partial charge in [-0.05, 0) is 69.1 Å². The fraction of sp³-hybridized carbons (Fsp3) is 0.929. The van der Waals surface area contributed by atoms with Gasteiger partial charge in [-0.2, -0.15) is 0 Å². The third-order valence-corrected chi connectivity index (χ3v) is 10.6. The molecule has 3 aliphatic carbocycles. The molecule has 0 spiro atoms. The van der Waals surface area contributed by atoms with Gasteiger partial charge in [-0.25, -0.2) is 0 Å². The lowest BCUT2D eigenvalue weighted by molar-refractivity contribution is -0.148. The number of hydrogen-bond acceptors (Lipinski definition) is 5. The van der Waals surface area contributed by atoms with Crippen LogP contribution in [0.3, 0.4) is 0 Å². The van der Waals surface area contributed by atoms with Crippen LogP contribution in [0.1, 0.15) is 83.5 Å². The van der Waals surface area contributed by atoms with E-state index in [0.29, 0.717) is 63.1 Å². The Morgan fingerprint density at radius 3 is 2.06 bits per heavy atom. The molecule has 3 saturated carbocycles. The van der Waals surface area contributed by atoms with Crippen molar-refractivity contribution in [3.05, 3.63) is 0 Å². The Morgan fingerprint density at radius 2 is 1.37 bits per heavy atom. The summed E-state index contributed by atoms with van der Waals surface area (Å²) in [6.07, 6.45) is 16.1. The number of amides is 2. The SMILES string of the molecule is O=C(C1CCC(C2CN3CC(C4CCCCC4)CCC3N2)CC1)N1CCN(C(=O)C2(O)CC2)CC1. The number of piperazine rings is 1. The van der Waals surface area contributed by atoms with Crippen molar-refractivity contribution in [1.29, 1.82) is 0 Å². The average molecular weight is 487 g/mol. The Kier molecular flexibility index (Phi) is 6.87. The largest absolute Gasteiger partial charge is 0.380 e. The van der Waals surface area contributed by atoms with Crippen LogP contribution in [0.4, 0.5) is 0 Å². The summed E-state index contributed by atoms with van der Waals surface area (Å²) in [5, 5.41) is 14.1. The van der Waals surface area contributed by atoms with Gasteiger partial charge in [0.15, 0.2) is 0 Å². The quantitative estimate of drug-likeness (QED) is 0.639. The molecule has 2 N–H and O–H groups in total. The number of fused-ring (bicyclic) bond motifs is 1. The molecular formula is C28H46N4O3. The molecule has 7 heteroatoms. The number of piperidine rings is 1. The Bertz CT molecular complexity index is 779. The first kappa shape index (κ1) is 24.2. The number of nitrogens with zero attached hydrogens (tertiary/aromatic N) is 3. The molecule has 35 heavy (non-hydrogen) atoms. The van der Waals surface area contributed by atoms with Gasteiger partial charge in [-0.3, -0.25) is 19.8 Å². The minimum Gasteiger partial charge on any atom is -0.380 e. The van der Waals surface area contributed by atoms with E-state index in [1.807, 2.05) is 4.90 Å². The number of nitrogens with one attached hydrogen (secondary N) is 1. The molecule has 6 fully saturated rings. The van der Waals surface area contributed by atoms with Crippen LogP contribution in [0.25, 0.3) is 0 Å². The van der Waals surface area contributed by atoms with E-state index in [0.717, 1.165) is 37.5 Å². The zero-order valence-electron chi connectivity index (χ0n) is 21.5. The second-order valence-electron chi connectivity index (χ2n) is 12.7. The van der Waals surface area contributed by atoms with Crippen LogP contribution < -0.4 is 5.32 Å². The van der Waals surface area contributed by atoms with E-state index in [4.69, 9.17) is 0 Å². The summed E-state index contributed by atoms with van der Waals surface area (Å²) in [4.78, 5) is 32.1. The van der Waals surface area contributed by atoms with Crippen LogP contribution >= 0.6 is 0 Å². The number of rotatable bonds is 4. The summed E-state index contributed by atoms with van der Waals surface area (Å²) in [6, 6.07) is 0.601. The van der Waals surface area contributed by atoms with Crippen molar-refractivity contribution in [2.75, 3.05) is 39.3 Å². The van der Waals surface area contributed by atoms with E-state index in [2.05, 4.69) is 10.2 Å². The smallest absolute Gasteiger partial charge is 0.254 e. The molecule has 196 valence electrons. The fourth-order valence-electron chi connectivity index (χ4n) is 8.08. The van der Waals surface area contributed by atoms with E-state index in [1.54, 1.807) is 4.90 Å². The van der Waals surface area contributed by atoms with Crippen LogP contribution in [0.15, 0.2) is 0 Å². The second kappa shape index (κ2) is 9.94. The molecule has 6 rings (SSSR count). The van der Waals surface area contributed by atoms with Crippen LogP contribution in [0.2, 0.25) is 0 Å².